The number of methoxy groups -OCH3 is 2. The van der Waals surface area contributed by atoms with E-state index in [-0.39, 0.29) is 11.9 Å². The highest BCUT2D eigenvalue weighted by molar-refractivity contribution is 7.99. The number of carbonyl (C=O) groups excluding carboxylic acids is 1. The largest absolute Gasteiger partial charge is 0.497 e. The number of amides is 1. The van der Waals surface area contributed by atoms with Crippen LogP contribution in [0.5, 0.6) is 11.5 Å². The predicted octanol–water partition coefficient (Wildman–Crippen LogP) is 4.26. The monoisotopic (exact) mass is 399 g/mol. The second-order valence-corrected chi connectivity index (χ2v) is 6.96. The minimum absolute atomic E-state index is 0.0775. The molecule has 0 bridgehead atoms. The van der Waals surface area contributed by atoms with Crippen LogP contribution in [0.25, 0.3) is 11.5 Å². The van der Waals surface area contributed by atoms with Gasteiger partial charge in [-0.1, -0.05) is 17.2 Å². The molecule has 1 amide bonds. The number of hydrogen-bond acceptors (Lipinski definition) is 7. The van der Waals surface area contributed by atoms with E-state index in [1.807, 2.05) is 42.5 Å². The maximum absolute atomic E-state index is 12.1. The first-order chi connectivity index (χ1) is 13.7. The van der Waals surface area contributed by atoms with E-state index in [2.05, 4.69) is 15.5 Å². The van der Waals surface area contributed by atoms with Crippen LogP contribution in [0.3, 0.4) is 0 Å². The van der Waals surface area contributed by atoms with Crippen molar-refractivity contribution in [3.05, 3.63) is 48.5 Å². The Morgan fingerprint density at radius 3 is 2.61 bits per heavy atom. The molecule has 0 spiro atoms. The molecule has 3 rings (SSSR count). The third-order valence-corrected chi connectivity index (χ3v) is 4.98. The lowest BCUT2D eigenvalue weighted by Crippen LogP contribution is -2.11. The summed E-state index contributed by atoms with van der Waals surface area (Å²) in [5, 5.41) is 10.5. The van der Waals surface area contributed by atoms with Gasteiger partial charge in [0.15, 0.2) is 0 Å². The van der Waals surface area contributed by atoms with E-state index in [0.717, 1.165) is 22.8 Å². The van der Waals surface area contributed by atoms with Gasteiger partial charge in [0, 0.05) is 11.3 Å². The Kier molecular flexibility index (Phi) is 6.91. The molecule has 7 nitrogen and oxygen atoms in total. The van der Waals surface area contributed by atoms with Crippen molar-refractivity contribution in [2.75, 3.05) is 25.3 Å². The van der Waals surface area contributed by atoms with E-state index in [4.69, 9.17) is 13.9 Å². The molecular weight excluding hydrogens is 378 g/mol. The zero-order chi connectivity index (χ0) is 19.8. The van der Waals surface area contributed by atoms with Gasteiger partial charge in [0.05, 0.1) is 19.8 Å². The third-order valence-electron chi connectivity index (χ3n) is 3.89. The number of ether oxygens (including phenoxy) is 2. The summed E-state index contributed by atoms with van der Waals surface area (Å²) in [4.78, 5) is 13.2. The lowest BCUT2D eigenvalue weighted by Gasteiger charge is -2.04. The molecule has 0 radical (unpaired) electrons. The first kappa shape index (κ1) is 19.8. The molecule has 0 saturated carbocycles. The highest BCUT2D eigenvalue weighted by Crippen LogP contribution is 2.29. The number of hydrogen-bond donors (Lipinski definition) is 1. The molecule has 146 valence electrons. The second kappa shape index (κ2) is 9.80. The molecule has 2 aromatic carbocycles. The Labute approximate surface area is 167 Å². The second-order valence-electron chi connectivity index (χ2n) is 5.79. The predicted molar refractivity (Wildman–Crippen MR) is 108 cm³/mol. The Bertz CT molecular complexity index is 912. The topological polar surface area (TPSA) is 86.5 Å². The van der Waals surface area contributed by atoms with Gasteiger partial charge < -0.3 is 13.9 Å². The van der Waals surface area contributed by atoms with Crippen molar-refractivity contribution in [1.82, 2.24) is 10.2 Å². The van der Waals surface area contributed by atoms with Crippen molar-refractivity contribution in [2.45, 2.75) is 17.7 Å². The van der Waals surface area contributed by atoms with Crippen LogP contribution in [0.1, 0.15) is 12.8 Å². The molecule has 8 heteroatoms. The van der Waals surface area contributed by atoms with E-state index in [9.17, 15) is 4.79 Å². The molecule has 1 aromatic heterocycles. The SMILES string of the molecule is COc1ccc(SCCCC(=O)Nc2nnc(-c3ccccc3OC)o2)cc1. The molecule has 0 saturated heterocycles. The van der Waals surface area contributed by atoms with Gasteiger partial charge in [0.2, 0.25) is 5.91 Å². The fourth-order valence-corrected chi connectivity index (χ4v) is 3.33. The number of nitrogens with one attached hydrogen (secondary N) is 1. The zero-order valence-electron chi connectivity index (χ0n) is 15.7. The zero-order valence-corrected chi connectivity index (χ0v) is 16.5. The number of aromatic nitrogens is 2. The van der Waals surface area contributed by atoms with E-state index in [1.165, 1.54) is 0 Å². The first-order valence-corrected chi connectivity index (χ1v) is 9.71. The quantitative estimate of drug-likeness (QED) is 0.425. The summed E-state index contributed by atoms with van der Waals surface area (Å²) < 4.78 is 15.9. The van der Waals surface area contributed by atoms with Gasteiger partial charge in [-0.25, -0.2) is 0 Å². The molecule has 0 fully saturated rings. The van der Waals surface area contributed by atoms with E-state index in [0.29, 0.717) is 23.6 Å². The number of nitrogens with zero attached hydrogens (tertiary/aromatic N) is 2. The summed E-state index contributed by atoms with van der Waals surface area (Å²) in [5.41, 5.74) is 0.675. The summed E-state index contributed by atoms with van der Waals surface area (Å²) in [6, 6.07) is 15.2. The number of rotatable bonds is 9. The number of benzene rings is 2. The molecule has 3 aromatic rings. The number of anilines is 1. The van der Waals surface area contributed by atoms with Gasteiger partial charge in [-0.15, -0.1) is 16.9 Å². The van der Waals surface area contributed by atoms with E-state index >= 15 is 0 Å². The van der Waals surface area contributed by atoms with E-state index < -0.39 is 0 Å². The van der Waals surface area contributed by atoms with Crippen molar-refractivity contribution in [1.29, 1.82) is 0 Å². The van der Waals surface area contributed by atoms with Crippen LogP contribution in [-0.4, -0.2) is 36.1 Å². The highest BCUT2D eigenvalue weighted by Gasteiger charge is 2.14. The fraction of sp³-hybridized carbons (Fsp3) is 0.250. The number of thioether (sulfide) groups is 1. The van der Waals surface area contributed by atoms with Crippen molar-refractivity contribution < 1.29 is 18.7 Å². The third kappa shape index (κ3) is 5.26. The molecule has 0 aliphatic carbocycles. The smallest absolute Gasteiger partial charge is 0.322 e. The van der Waals surface area contributed by atoms with Gasteiger partial charge in [-0.05, 0) is 48.6 Å². The van der Waals surface area contributed by atoms with Crippen molar-refractivity contribution in [3.63, 3.8) is 0 Å². The minimum Gasteiger partial charge on any atom is -0.497 e. The first-order valence-electron chi connectivity index (χ1n) is 8.73. The highest BCUT2D eigenvalue weighted by atomic mass is 32.2. The molecule has 1 heterocycles. The minimum atomic E-state index is -0.162. The summed E-state index contributed by atoms with van der Waals surface area (Å²) >= 11 is 1.69. The number of para-hydroxylation sites is 1. The van der Waals surface area contributed by atoms with Gasteiger partial charge in [-0.3, -0.25) is 10.1 Å². The molecule has 0 aliphatic heterocycles. The lowest BCUT2D eigenvalue weighted by atomic mass is 10.2. The Morgan fingerprint density at radius 2 is 1.86 bits per heavy atom. The van der Waals surface area contributed by atoms with Crippen LogP contribution >= 0.6 is 11.8 Å². The summed E-state index contributed by atoms with van der Waals surface area (Å²) in [5.74, 6) is 2.42. The molecule has 0 unspecified atom stereocenters. The van der Waals surface area contributed by atoms with Crippen LogP contribution in [0.15, 0.2) is 57.8 Å². The average molecular weight is 399 g/mol. The Morgan fingerprint density at radius 1 is 1.07 bits per heavy atom. The Hall–Kier alpha value is -3.00. The van der Waals surface area contributed by atoms with Gasteiger partial charge in [-0.2, -0.15) is 0 Å². The van der Waals surface area contributed by atoms with E-state index in [1.54, 1.807) is 32.0 Å². The van der Waals surface area contributed by atoms with Crippen molar-refractivity contribution in [3.8, 4) is 23.0 Å². The standard InChI is InChI=1S/C20H21N3O4S/c1-25-14-9-11-15(12-10-14)28-13-5-8-18(24)21-20-23-22-19(27-20)16-6-3-4-7-17(16)26-2/h3-4,6-7,9-12H,5,8,13H2,1-2H3,(H,21,23,24). The van der Waals surface area contributed by atoms with Gasteiger partial charge >= 0.3 is 6.01 Å². The molecule has 0 atom stereocenters. The Balaban J connectivity index is 1.45. The normalized spacial score (nSPS) is 10.5. The van der Waals surface area contributed by atoms with Crippen LogP contribution in [0.4, 0.5) is 6.01 Å². The fourth-order valence-electron chi connectivity index (χ4n) is 2.48. The average Bonchev–Trinajstić information content (AvgIpc) is 3.19. The van der Waals surface area contributed by atoms with Crippen molar-refractivity contribution in [2.24, 2.45) is 0 Å². The van der Waals surface area contributed by atoms with Crippen LogP contribution < -0.4 is 14.8 Å². The summed E-state index contributed by atoms with van der Waals surface area (Å²) in [6.45, 7) is 0. The maximum Gasteiger partial charge on any atom is 0.322 e. The van der Waals surface area contributed by atoms with Crippen LogP contribution in [-0.2, 0) is 4.79 Å². The van der Waals surface area contributed by atoms with Gasteiger partial charge in [0.1, 0.15) is 11.5 Å². The van der Waals surface area contributed by atoms with Crippen LogP contribution in [0.2, 0.25) is 0 Å². The molecular formula is C20H21N3O4S. The maximum atomic E-state index is 12.1. The lowest BCUT2D eigenvalue weighted by molar-refractivity contribution is -0.116. The van der Waals surface area contributed by atoms with Gasteiger partial charge in [0.25, 0.3) is 5.89 Å². The molecule has 1 N–H and O–H groups in total. The van der Waals surface area contributed by atoms with Crippen LogP contribution in [0, 0.1) is 0 Å². The summed E-state index contributed by atoms with van der Waals surface area (Å²) in [7, 11) is 3.21. The molecule has 28 heavy (non-hydrogen) atoms. The number of carbonyl (C=O) groups is 1. The van der Waals surface area contributed by atoms with Crippen molar-refractivity contribution >= 4 is 23.7 Å². The summed E-state index contributed by atoms with van der Waals surface area (Å²) in [6.07, 6.45) is 1.10. The molecule has 0 aliphatic rings.